The average Bonchev–Trinajstić information content (AvgIpc) is 3.12. The second kappa shape index (κ2) is 5.98. The van der Waals surface area contributed by atoms with Crippen molar-refractivity contribution in [2.45, 2.75) is 23.8 Å². The molecule has 0 aliphatic carbocycles. The van der Waals surface area contributed by atoms with Gasteiger partial charge in [0.15, 0.2) is 5.16 Å². The van der Waals surface area contributed by atoms with E-state index in [0.717, 1.165) is 5.56 Å². The van der Waals surface area contributed by atoms with E-state index < -0.39 is 11.2 Å². The molecule has 1 unspecified atom stereocenters. The predicted octanol–water partition coefficient (Wildman–Crippen LogP) is 2.60. The van der Waals surface area contributed by atoms with E-state index in [2.05, 4.69) is 9.97 Å². The molecule has 3 aromatic rings. The topological polar surface area (TPSA) is 102 Å². The number of thiophene rings is 1. The molecule has 0 saturated carbocycles. The van der Waals surface area contributed by atoms with Crippen LogP contribution in [-0.4, -0.2) is 21.1 Å². The number of aromatic amines is 1. The summed E-state index contributed by atoms with van der Waals surface area (Å²) in [5, 5.41) is 2.32. The molecule has 22 heavy (non-hydrogen) atoms. The molecule has 0 bridgehead atoms. The molecule has 114 valence electrons. The van der Waals surface area contributed by atoms with Crippen molar-refractivity contribution in [1.29, 1.82) is 0 Å². The molecule has 3 N–H and O–H groups in total. The lowest BCUT2D eigenvalue weighted by Crippen LogP contribution is -2.25. The van der Waals surface area contributed by atoms with E-state index >= 15 is 0 Å². The van der Waals surface area contributed by atoms with Crippen LogP contribution in [-0.2, 0) is 4.79 Å². The number of nitrogens with two attached hydrogens (primary N) is 1. The summed E-state index contributed by atoms with van der Waals surface area (Å²) in [6.07, 6.45) is 2.13. The first-order valence-electron chi connectivity index (χ1n) is 6.61. The maximum absolute atomic E-state index is 12.4. The number of H-pyrrole nitrogens is 1. The molecule has 0 spiro atoms. The normalized spacial score (nSPS) is 12.6. The van der Waals surface area contributed by atoms with Crippen molar-refractivity contribution in [2.24, 2.45) is 5.73 Å². The molecule has 0 saturated heterocycles. The Kier molecular flexibility index (Phi) is 4.04. The van der Waals surface area contributed by atoms with Gasteiger partial charge in [0.1, 0.15) is 10.6 Å². The van der Waals surface area contributed by atoms with Crippen molar-refractivity contribution < 1.29 is 9.21 Å². The molecule has 0 fully saturated rings. The van der Waals surface area contributed by atoms with E-state index in [-0.39, 0.29) is 5.56 Å². The van der Waals surface area contributed by atoms with Gasteiger partial charge in [-0.1, -0.05) is 18.7 Å². The Labute approximate surface area is 133 Å². The number of aromatic nitrogens is 2. The fourth-order valence-electron chi connectivity index (χ4n) is 2.08. The molecule has 0 aliphatic rings. The van der Waals surface area contributed by atoms with Crippen LogP contribution in [0.5, 0.6) is 0 Å². The van der Waals surface area contributed by atoms with Crippen LogP contribution in [0.1, 0.15) is 13.3 Å². The number of hydrogen-bond acceptors (Lipinski definition) is 6. The average molecular weight is 335 g/mol. The molecule has 0 aromatic carbocycles. The van der Waals surface area contributed by atoms with Crippen molar-refractivity contribution in [1.82, 2.24) is 9.97 Å². The molecule has 6 nitrogen and oxygen atoms in total. The third-order valence-corrected chi connectivity index (χ3v) is 5.29. The number of carbonyl (C=O) groups excluding carboxylic acids is 1. The molecule has 1 amide bonds. The number of furan rings is 1. The van der Waals surface area contributed by atoms with E-state index in [4.69, 9.17) is 10.2 Å². The van der Waals surface area contributed by atoms with Gasteiger partial charge < -0.3 is 15.1 Å². The van der Waals surface area contributed by atoms with Gasteiger partial charge in [-0.05, 0) is 18.6 Å². The van der Waals surface area contributed by atoms with E-state index in [1.54, 1.807) is 18.4 Å². The van der Waals surface area contributed by atoms with Gasteiger partial charge in [0, 0.05) is 10.9 Å². The first-order valence-corrected chi connectivity index (χ1v) is 8.37. The van der Waals surface area contributed by atoms with Gasteiger partial charge in [-0.3, -0.25) is 9.59 Å². The minimum atomic E-state index is -0.419. The molecule has 0 radical (unpaired) electrons. The zero-order chi connectivity index (χ0) is 15.7. The van der Waals surface area contributed by atoms with E-state index in [0.29, 0.717) is 27.6 Å². The molecule has 8 heteroatoms. The molecular formula is C14H13N3O3S2. The van der Waals surface area contributed by atoms with Crippen molar-refractivity contribution >= 4 is 39.2 Å². The standard InChI is InChI=1S/C14H13N3O3S2/c1-2-9(11(15)18)22-14-16-12(19)10-7(6-21-13(10)17-14)8-4-3-5-20-8/h3-6,9H,2H2,1H3,(H2,15,18)(H,16,17,19). The lowest BCUT2D eigenvalue weighted by Gasteiger charge is -2.08. The van der Waals surface area contributed by atoms with Crippen LogP contribution >= 0.6 is 23.1 Å². The SMILES string of the molecule is CCC(Sc1nc2scc(-c3ccco3)c2c(=O)[nH]1)C(N)=O. The fraction of sp³-hybridized carbons (Fsp3) is 0.214. The highest BCUT2D eigenvalue weighted by atomic mass is 32.2. The van der Waals surface area contributed by atoms with Gasteiger partial charge in [-0.25, -0.2) is 4.98 Å². The largest absolute Gasteiger partial charge is 0.464 e. The Morgan fingerprint density at radius 2 is 2.41 bits per heavy atom. The number of amides is 1. The summed E-state index contributed by atoms with van der Waals surface area (Å²) in [4.78, 5) is 31.4. The maximum Gasteiger partial charge on any atom is 0.261 e. The van der Waals surface area contributed by atoms with Crippen molar-refractivity contribution in [3.8, 4) is 11.3 Å². The first kappa shape index (κ1) is 14.9. The third kappa shape index (κ3) is 2.67. The van der Waals surface area contributed by atoms with Gasteiger partial charge in [0.05, 0.1) is 16.9 Å². The van der Waals surface area contributed by atoms with Crippen LogP contribution < -0.4 is 11.3 Å². The highest BCUT2D eigenvalue weighted by Gasteiger charge is 2.19. The summed E-state index contributed by atoms with van der Waals surface area (Å²) in [6.45, 7) is 1.86. The fourth-order valence-corrected chi connectivity index (χ4v) is 3.91. The lowest BCUT2D eigenvalue weighted by atomic mass is 10.2. The number of primary amides is 1. The van der Waals surface area contributed by atoms with Gasteiger partial charge >= 0.3 is 0 Å². The van der Waals surface area contributed by atoms with Crippen LogP contribution in [0.15, 0.2) is 38.1 Å². The number of thioether (sulfide) groups is 1. The van der Waals surface area contributed by atoms with Gasteiger partial charge in [-0.2, -0.15) is 0 Å². The van der Waals surface area contributed by atoms with E-state index in [1.807, 2.05) is 12.3 Å². The Hall–Kier alpha value is -2.06. The van der Waals surface area contributed by atoms with Crippen LogP contribution in [0.4, 0.5) is 0 Å². The minimum Gasteiger partial charge on any atom is -0.464 e. The quantitative estimate of drug-likeness (QED) is 0.551. The van der Waals surface area contributed by atoms with E-state index in [9.17, 15) is 9.59 Å². The summed E-state index contributed by atoms with van der Waals surface area (Å²) in [6, 6.07) is 3.56. The number of nitrogens with zero attached hydrogens (tertiary/aromatic N) is 1. The monoisotopic (exact) mass is 335 g/mol. The Morgan fingerprint density at radius 3 is 3.05 bits per heavy atom. The van der Waals surface area contributed by atoms with E-state index in [1.165, 1.54) is 23.1 Å². The van der Waals surface area contributed by atoms with Crippen LogP contribution in [0, 0.1) is 0 Å². The second-order valence-electron chi connectivity index (χ2n) is 4.60. The molecule has 3 aromatic heterocycles. The summed E-state index contributed by atoms with van der Waals surface area (Å²) >= 11 is 2.54. The molecule has 3 heterocycles. The lowest BCUT2D eigenvalue weighted by molar-refractivity contribution is -0.117. The van der Waals surface area contributed by atoms with Crippen LogP contribution in [0.3, 0.4) is 0 Å². The molecule has 1 atom stereocenters. The second-order valence-corrected chi connectivity index (χ2v) is 6.64. The zero-order valence-electron chi connectivity index (χ0n) is 11.7. The van der Waals surface area contributed by atoms with Crippen LogP contribution in [0.2, 0.25) is 0 Å². The highest BCUT2D eigenvalue weighted by molar-refractivity contribution is 8.00. The number of carbonyl (C=O) groups is 1. The molecular weight excluding hydrogens is 322 g/mol. The van der Waals surface area contributed by atoms with Crippen molar-refractivity contribution in [3.05, 3.63) is 34.1 Å². The number of rotatable bonds is 5. The zero-order valence-corrected chi connectivity index (χ0v) is 13.3. The number of fused-ring (bicyclic) bond motifs is 1. The Morgan fingerprint density at radius 1 is 1.59 bits per heavy atom. The predicted molar refractivity (Wildman–Crippen MR) is 87.1 cm³/mol. The smallest absolute Gasteiger partial charge is 0.261 e. The number of nitrogens with one attached hydrogen (secondary N) is 1. The van der Waals surface area contributed by atoms with Crippen LogP contribution in [0.25, 0.3) is 21.5 Å². The Balaban J connectivity index is 2.04. The summed E-state index contributed by atoms with van der Waals surface area (Å²) in [5.74, 6) is 0.209. The summed E-state index contributed by atoms with van der Waals surface area (Å²) in [5.41, 5.74) is 5.79. The highest BCUT2D eigenvalue weighted by Crippen LogP contribution is 2.32. The Bertz CT molecular complexity index is 867. The third-order valence-electron chi connectivity index (χ3n) is 3.15. The van der Waals surface area contributed by atoms with Crippen molar-refractivity contribution in [3.63, 3.8) is 0 Å². The number of hydrogen-bond donors (Lipinski definition) is 2. The van der Waals surface area contributed by atoms with Gasteiger partial charge in [0.25, 0.3) is 5.56 Å². The molecule has 0 aliphatic heterocycles. The summed E-state index contributed by atoms with van der Waals surface area (Å²) in [7, 11) is 0. The summed E-state index contributed by atoms with van der Waals surface area (Å²) < 4.78 is 5.34. The maximum atomic E-state index is 12.4. The van der Waals surface area contributed by atoms with Gasteiger partial charge in [0.2, 0.25) is 5.91 Å². The molecule has 3 rings (SSSR count). The first-order chi connectivity index (χ1) is 10.6. The van der Waals surface area contributed by atoms with Gasteiger partial charge in [-0.15, -0.1) is 11.3 Å². The van der Waals surface area contributed by atoms with Crippen molar-refractivity contribution in [2.75, 3.05) is 0 Å². The minimum absolute atomic E-state index is 0.250.